The zero-order chi connectivity index (χ0) is 20.5. The van der Waals surface area contributed by atoms with E-state index in [4.69, 9.17) is 25.1 Å². The zero-order valence-corrected chi connectivity index (χ0v) is 16.9. The summed E-state index contributed by atoms with van der Waals surface area (Å²) < 4.78 is 1.80. The van der Waals surface area contributed by atoms with Crippen LogP contribution in [0.3, 0.4) is 0 Å². The van der Waals surface area contributed by atoms with Crippen LogP contribution >= 0.6 is 0 Å². The number of pyridine rings is 1. The molecule has 0 spiro atoms. The van der Waals surface area contributed by atoms with Crippen LogP contribution in [0, 0.1) is 5.41 Å². The second-order valence-electron chi connectivity index (χ2n) is 8.46. The molecule has 3 aliphatic heterocycles. The van der Waals surface area contributed by atoms with Crippen molar-refractivity contribution in [3.05, 3.63) is 72.2 Å². The SMILES string of the molecule is CC(C)(C)C1=NC2=CC=CC3=Nc4ccn5nc(-c6ccccc6)nc5c4C(=N1)N23. The highest BCUT2D eigenvalue weighted by molar-refractivity contribution is 6.25. The molecule has 3 aliphatic rings. The van der Waals surface area contributed by atoms with Gasteiger partial charge in [0.2, 0.25) is 0 Å². The Bertz CT molecular complexity index is 1360. The standard InChI is InChI=1S/C23H19N7/c1-23(2,3)22-25-17-11-7-10-16-24-15-12-13-29-20(18(15)21(27-22)30(16)17)26-19(28-29)14-8-5-4-6-9-14/h4-13H,1-3H3. The maximum atomic E-state index is 4.99. The van der Waals surface area contributed by atoms with Crippen molar-refractivity contribution in [3.63, 3.8) is 0 Å². The molecule has 0 fully saturated rings. The second-order valence-corrected chi connectivity index (χ2v) is 8.46. The molecule has 0 saturated carbocycles. The van der Waals surface area contributed by atoms with E-state index < -0.39 is 0 Å². The van der Waals surface area contributed by atoms with Crippen molar-refractivity contribution in [1.29, 1.82) is 0 Å². The fraction of sp³-hybridized carbons (Fsp3) is 0.174. The van der Waals surface area contributed by atoms with Crippen LogP contribution in [-0.2, 0) is 0 Å². The number of fused-ring (bicyclic) bond motifs is 4. The number of hydrogen-bond acceptors (Lipinski definition) is 6. The highest BCUT2D eigenvalue weighted by atomic mass is 15.4. The molecule has 0 N–H and O–H groups in total. The largest absolute Gasteiger partial charge is 0.262 e. The number of aliphatic imine (C=N–C) groups is 3. The number of rotatable bonds is 1. The Morgan fingerprint density at radius 1 is 0.933 bits per heavy atom. The molecule has 30 heavy (non-hydrogen) atoms. The summed E-state index contributed by atoms with van der Waals surface area (Å²) in [5, 5.41) is 4.69. The molecule has 7 nitrogen and oxygen atoms in total. The van der Waals surface area contributed by atoms with Gasteiger partial charge in [-0.3, -0.25) is 4.90 Å². The summed E-state index contributed by atoms with van der Waals surface area (Å²) in [6.07, 6.45) is 7.84. The molecule has 0 aliphatic carbocycles. The van der Waals surface area contributed by atoms with Crippen molar-refractivity contribution in [2.75, 3.05) is 0 Å². The third-order valence-corrected chi connectivity index (χ3v) is 5.24. The Hall–Kier alpha value is -3.87. The molecular formula is C23H19N7. The first-order valence-corrected chi connectivity index (χ1v) is 9.89. The molecular weight excluding hydrogens is 374 g/mol. The van der Waals surface area contributed by atoms with Crippen LogP contribution in [0.2, 0.25) is 0 Å². The van der Waals surface area contributed by atoms with Gasteiger partial charge < -0.3 is 0 Å². The van der Waals surface area contributed by atoms with Crippen molar-refractivity contribution < 1.29 is 0 Å². The predicted molar refractivity (Wildman–Crippen MR) is 118 cm³/mol. The quantitative estimate of drug-likeness (QED) is 0.617. The first-order chi connectivity index (χ1) is 14.5. The Balaban J connectivity index is 1.64. The van der Waals surface area contributed by atoms with E-state index in [9.17, 15) is 0 Å². The van der Waals surface area contributed by atoms with Crippen LogP contribution in [0.15, 0.2) is 81.6 Å². The summed E-state index contributed by atoms with van der Waals surface area (Å²) in [5.74, 6) is 3.88. The van der Waals surface area contributed by atoms with Crippen molar-refractivity contribution in [3.8, 4) is 11.4 Å². The van der Waals surface area contributed by atoms with Crippen molar-refractivity contribution in [1.82, 2.24) is 19.5 Å². The van der Waals surface area contributed by atoms with Crippen molar-refractivity contribution in [2.24, 2.45) is 20.4 Å². The van der Waals surface area contributed by atoms with Gasteiger partial charge in [-0.1, -0.05) is 57.2 Å². The summed E-state index contributed by atoms with van der Waals surface area (Å²) in [5.41, 5.74) is 3.22. The van der Waals surface area contributed by atoms with Crippen LogP contribution in [0.4, 0.5) is 5.69 Å². The fourth-order valence-electron chi connectivity index (χ4n) is 3.74. The Labute approximate surface area is 173 Å². The summed E-state index contributed by atoms with van der Waals surface area (Å²) in [4.78, 5) is 21.5. The molecule has 0 amide bonds. The highest BCUT2D eigenvalue weighted by Crippen LogP contribution is 2.37. The normalized spacial score (nSPS) is 17.1. The minimum Gasteiger partial charge on any atom is -0.262 e. The van der Waals surface area contributed by atoms with Gasteiger partial charge in [-0.25, -0.2) is 24.5 Å². The monoisotopic (exact) mass is 393 g/mol. The Morgan fingerprint density at radius 2 is 1.77 bits per heavy atom. The van der Waals surface area contributed by atoms with Crippen molar-refractivity contribution in [2.45, 2.75) is 20.8 Å². The third-order valence-electron chi connectivity index (χ3n) is 5.24. The molecule has 0 unspecified atom stereocenters. The lowest BCUT2D eigenvalue weighted by Crippen LogP contribution is -2.43. The van der Waals surface area contributed by atoms with E-state index in [0.717, 1.165) is 45.8 Å². The van der Waals surface area contributed by atoms with Gasteiger partial charge in [0.05, 0.1) is 11.3 Å². The molecule has 7 heteroatoms. The lowest BCUT2D eigenvalue weighted by Gasteiger charge is -2.36. The van der Waals surface area contributed by atoms with Crippen LogP contribution in [0.5, 0.6) is 0 Å². The first-order valence-electron chi connectivity index (χ1n) is 9.89. The number of hydrogen-bond donors (Lipinski definition) is 0. The summed E-state index contributed by atoms with van der Waals surface area (Å²) in [6.45, 7) is 6.36. The molecule has 3 aromatic rings. The average molecular weight is 393 g/mol. The number of benzene rings is 1. The minimum atomic E-state index is -0.191. The highest BCUT2D eigenvalue weighted by Gasteiger charge is 2.36. The second kappa shape index (κ2) is 5.82. The van der Waals surface area contributed by atoms with Crippen LogP contribution < -0.4 is 0 Å². The van der Waals surface area contributed by atoms with E-state index in [2.05, 4.69) is 20.8 Å². The molecule has 6 rings (SSSR count). The molecule has 0 bridgehead atoms. The molecule has 0 radical (unpaired) electrons. The molecule has 146 valence electrons. The smallest absolute Gasteiger partial charge is 0.182 e. The number of aromatic nitrogens is 3. The van der Waals surface area contributed by atoms with Crippen LogP contribution in [-0.4, -0.2) is 37.0 Å². The van der Waals surface area contributed by atoms with E-state index >= 15 is 0 Å². The fourth-order valence-corrected chi connectivity index (χ4v) is 3.74. The van der Waals surface area contributed by atoms with Crippen LogP contribution in [0.25, 0.3) is 17.0 Å². The van der Waals surface area contributed by atoms with Gasteiger partial charge >= 0.3 is 0 Å². The number of nitrogens with zero attached hydrogens (tertiary/aromatic N) is 7. The molecule has 0 atom stereocenters. The molecule has 0 saturated heterocycles. The van der Waals surface area contributed by atoms with Gasteiger partial charge in [0.1, 0.15) is 17.5 Å². The maximum absolute atomic E-state index is 4.99. The van der Waals surface area contributed by atoms with Gasteiger partial charge in [0, 0.05) is 17.2 Å². The maximum Gasteiger partial charge on any atom is 0.182 e. The van der Waals surface area contributed by atoms with Gasteiger partial charge in [0.15, 0.2) is 17.3 Å². The van der Waals surface area contributed by atoms with E-state index in [1.165, 1.54) is 0 Å². The first kappa shape index (κ1) is 17.0. The van der Waals surface area contributed by atoms with Gasteiger partial charge in [-0.05, 0) is 18.2 Å². The molecule has 2 aromatic heterocycles. The zero-order valence-electron chi connectivity index (χ0n) is 16.9. The lowest BCUT2D eigenvalue weighted by molar-refractivity contribution is 0.572. The minimum absolute atomic E-state index is 0.191. The average Bonchev–Trinajstić information content (AvgIpc) is 3.18. The van der Waals surface area contributed by atoms with E-state index in [1.807, 2.05) is 65.7 Å². The summed E-state index contributed by atoms with van der Waals surface area (Å²) in [6, 6.07) is 11.9. The van der Waals surface area contributed by atoms with Crippen LogP contribution in [0.1, 0.15) is 26.3 Å². The number of allylic oxidation sites excluding steroid dienone is 2. The summed E-state index contributed by atoms with van der Waals surface area (Å²) in [7, 11) is 0. The van der Waals surface area contributed by atoms with Crippen molar-refractivity contribution >= 4 is 28.8 Å². The Kier molecular flexibility index (Phi) is 3.30. The van der Waals surface area contributed by atoms with E-state index in [1.54, 1.807) is 4.52 Å². The van der Waals surface area contributed by atoms with Gasteiger partial charge in [0.25, 0.3) is 0 Å². The van der Waals surface area contributed by atoms with Gasteiger partial charge in [-0.2, -0.15) is 0 Å². The van der Waals surface area contributed by atoms with E-state index in [-0.39, 0.29) is 5.41 Å². The predicted octanol–water partition coefficient (Wildman–Crippen LogP) is 4.36. The third kappa shape index (κ3) is 2.41. The molecule has 5 heterocycles. The number of amidine groups is 3. The topological polar surface area (TPSA) is 70.5 Å². The summed E-state index contributed by atoms with van der Waals surface area (Å²) >= 11 is 0. The Morgan fingerprint density at radius 3 is 2.57 bits per heavy atom. The van der Waals surface area contributed by atoms with Gasteiger partial charge in [-0.15, -0.1) is 5.10 Å². The lowest BCUT2D eigenvalue weighted by atomic mass is 9.94. The molecule has 1 aromatic carbocycles. The van der Waals surface area contributed by atoms with E-state index in [0.29, 0.717) is 5.82 Å².